The second-order valence-electron chi connectivity index (χ2n) is 7.99. The van der Waals surface area contributed by atoms with E-state index in [0.717, 1.165) is 16.8 Å². The Kier molecular flexibility index (Phi) is 5.48. The third-order valence-corrected chi connectivity index (χ3v) is 6.00. The van der Waals surface area contributed by atoms with E-state index in [1.54, 1.807) is 31.4 Å². The average molecular weight is 444 g/mol. The summed E-state index contributed by atoms with van der Waals surface area (Å²) in [5, 5.41) is 9.73. The lowest BCUT2D eigenvalue weighted by Crippen LogP contribution is -2.26. The zero-order chi connectivity index (χ0) is 22.9. The van der Waals surface area contributed by atoms with Crippen LogP contribution in [-0.4, -0.2) is 33.7 Å². The maximum atomic E-state index is 12.9. The van der Waals surface area contributed by atoms with E-state index in [1.165, 1.54) is 0 Å². The topological polar surface area (TPSA) is 82.3 Å². The van der Waals surface area contributed by atoms with Gasteiger partial charge in [-0.25, -0.2) is 9.78 Å². The van der Waals surface area contributed by atoms with Crippen molar-refractivity contribution in [2.45, 2.75) is 32.2 Å². The van der Waals surface area contributed by atoms with E-state index in [1.807, 2.05) is 53.9 Å². The minimum absolute atomic E-state index is 0.122. The molecule has 1 aliphatic rings. The number of ether oxygens (including phenoxy) is 3. The first-order chi connectivity index (χ1) is 16.1. The molecule has 33 heavy (non-hydrogen) atoms. The highest BCUT2D eigenvalue weighted by molar-refractivity contribution is 5.90. The minimum Gasteiger partial charge on any atom is -0.497 e. The molecule has 0 spiro atoms. The van der Waals surface area contributed by atoms with E-state index in [9.17, 15) is 9.90 Å². The Morgan fingerprint density at radius 1 is 1.15 bits per heavy atom. The Balaban J connectivity index is 1.47. The van der Waals surface area contributed by atoms with E-state index in [0.29, 0.717) is 34.8 Å². The standard InChI is InChI=1S/C26H24N2O5/c1-16-21(15-29)28-12-6-11-22(25(28)27-16)32-24-20-10-4-3-7-17(20)14-23(24)33-26(30)18-8-5-9-19(13-18)31-2/h3-13,23-24,29H,14-15H2,1-2H3. The quantitative estimate of drug-likeness (QED) is 0.452. The van der Waals surface area contributed by atoms with E-state index in [4.69, 9.17) is 14.2 Å². The normalized spacial score (nSPS) is 17.1. The van der Waals surface area contributed by atoms with Crippen molar-refractivity contribution in [3.05, 3.63) is 94.9 Å². The van der Waals surface area contributed by atoms with Crippen molar-refractivity contribution in [1.29, 1.82) is 0 Å². The molecule has 0 saturated heterocycles. The smallest absolute Gasteiger partial charge is 0.338 e. The van der Waals surface area contributed by atoms with Crippen LogP contribution in [0.5, 0.6) is 11.5 Å². The van der Waals surface area contributed by atoms with Crippen molar-refractivity contribution in [2.75, 3.05) is 7.11 Å². The van der Waals surface area contributed by atoms with Crippen LogP contribution in [-0.2, 0) is 17.8 Å². The number of hydrogen-bond donors (Lipinski definition) is 1. The van der Waals surface area contributed by atoms with Gasteiger partial charge in [0.15, 0.2) is 17.5 Å². The summed E-state index contributed by atoms with van der Waals surface area (Å²) in [6, 6.07) is 18.5. The number of rotatable bonds is 6. The van der Waals surface area contributed by atoms with Crippen LogP contribution in [0.4, 0.5) is 0 Å². The summed E-state index contributed by atoms with van der Waals surface area (Å²) < 4.78 is 19.4. The first-order valence-corrected chi connectivity index (χ1v) is 10.8. The summed E-state index contributed by atoms with van der Waals surface area (Å²) in [6.45, 7) is 1.73. The molecule has 5 rings (SSSR count). The molecule has 0 amide bonds. The van der Waals surface area contributed by atoms with Gasteiger partial charge in [-0.05, 0) is 48.4 Å². The lowest BCUT2D eigenvalue weighted by atomic mass is 10.1. The summed E-state index contributed by atoms with van der Waals surface area (Å²) in [5.41, 5.74) is 4.54. The fraction of sp³-hybridized carbons (Fsp3) is 0.231. The fourth-order valence-corrected chi connectivity index (χ4v) is 4.34. The van der Waals surface area contributed by atoms with Gasteiger partial charge < -0.3 is 19.3 Å². The number of pyridine rings is 1. The summed E-state index contributed by atoms with van der Waals surface area (Å²) in [7, 11) is 1.56. The number of aryl methyl sites for hydroxylation is 1. The highest BCUT2D eigenvalue weighted by Gasteiger charge is 2.37. The number of aliphatic hydroxyl groups excluding tert-OH is 1. The molecule has 0 saturated carbocycles. The van der Waals surface area contributed by atoms with Gasteiger partial charge in [-0.3, -0.25) is 4.40 Å². The average Bonchev–Trinajstić information content (AvgIpc) is 3.35. The highest BCUT2D eigenvalue weighted by Crippen LogP contribution is 2.38. The van der Waals surface area contributed by atoms with Gasteiger partial charge in [-0.1, -0.05) is 30.3 Å². The highest BCUT2D eigenvalue weighted by atomic mass is 16.6. The number of esters is 1. The summed E-state index contributed by atoms with van der Waals surface area (Å²) >= 11 is 0. The van der Waals surface area contributed by atoms with Gasteiger partial charge in [0.05, 0.1) is 30.7 Å². The fourth-order valence-electron chi connectivity index (χ4n) is 4.34. The summed E-state index contributed by atoms with van der Waals surface area (Å²) in [5.74, 6) is 0.718. The van der Waals surface area contributed by atoms with Crippen molar-refractivity contribution in [2.24, 2.45) is 0 Å². The van der Waals surface area contributed by atoms with Gasteiger partial charge in [0.2, 0.25) is 0 Å². The van der Waals surface area contributed by atoms with Crippen molar-refractivity contribution >= 4 is 11.6 Å². The molecule has 1 N–H and O–H groups in total. The number of methoxy groups -OCH3 is 1. The van der Waals surface area contributed by atoms with Crippen LogP contribution in [0.3, 0.4) is 0 Å². The minimum atomic E-state index is -0.505. The van der Waals surface area contributed by atoms with Crippen LogP contribution in [0.25, 0.3) is 5.65 Å². The number of carbonyl (C=O) groups excluding carboxylic acids is 1. The van der Waals surface area contributed by atoms with Crippen molar-refractivity contribution in [3.63, 3.8) is 0 Å². The van der Waals surface area contributed by atoms with E-state index < -0.39 is 18.2 Å². The zero-order valence-corrected chi connectivity index (χ0v) is 18.4. The van der Waals surface area contributed by atoms with Gasteiger partial charge >= 0.3 is 5.97 Å². The van der Waals surface area contributed by atoms with Gasteiger partial charge in [0, 0.05) is 12.6 Å². The number of imidazole rings is 1. The van der Waals surface area contributed by atoms with Crippen LogP contribution >= 0.6 is 0 Å². The third kappa shape index (κ3) is 3.81. The van der Waals surface area contributed by atoms with Gasteiger partial charge in [-0.2, -0.15) is 0 Å². The first-order valence-electron chi connectivity index (χ1n) is 10.8. The van der Waals surface area contributed by atoms with E-state index in [-0.39, 0.29) is 6.61 Å². The number of carbonyl (C=O) groups is 1. The number of aromatic nitrogens is 2. The lowest BCUT2D eigenvalue weighted by Gasteiger charge is -2.22. The molecule has 7 heteroatoms. The molecule has 0 radical (unpaired) electrons. The molecule has 2 aromatic heterocycles. The number of hydrogen-bond acceptors (Lipinski definition) is 6. The molecule has 0 bridgehead atoms. The molecule has 2 unspecified atom stereocenters. The molecule has 168 valence electrons. The van der Waals surface area contributed by atoms with Crippen molar-refractivity contribution in [1.82, 2.24) is 9.38 Å². The maximum absolute atomic E-state index is 12.9. The van der Waals surface area contributed by atoms with E-state index >= 15 is 0 Å². The van der Waals surface area contributed by atoms with Crippen LogP contribution in [0, 0.1) is 6.92 Å². The Labute approximate surface area is 191 Å². The molecule has 7 nitrogen and oxygen atoms in total. The van der Waals surface area contributed by atoms with E-state index in [2.05, 4.69) is 4.98 Å². The second kappa shape index (κ2) is 8.60. The van der Waals surface area contributed by atoms with Crippen molar-refractivity contribution in [3.8, 4) is 11.5 Å². The van der Waals surface area contributed by atoms with Gasteiger partial charge in [-0.15, -0.1) is 0 Å². The number of benzene rings is 2. The largest absolute Gasteiger partial charge is 0.497 e. The molecule has 2 heterocycles. The van der Waals surface area contributed by atoms with Crippen LogP contribution < -0.4 is 9.47 Å². The van der Waals surface area contributed by atoms with Crippen LogP contribution in [0.2, 0.25) is 0 Å². The number of aliphatic hydroxyl groups is 1. The molecule has 4 aromatic rings. The van der Waals surface area contributed by atoms with Gasteiger partial charge in [0.25, 0.3) is 0 Å². The van der Waals surface area contributed by atoms with Crippen LogP contribution in [0.1, 0.15) is 39.0 Å². The van der Waals surface area contributed by atoms with Crippen molar-refractivity contribution < 1.29 is 24.1 Å². The predicted octanol–water partition coefficient (Wildman–Crippen LogP) is 4.05. The third-order valence-electron chi connectivity index (χ3n) is 6.00. The molecular weight excluding hydrogens is 420 g/mol. The Morgan fingerprint density at radius 3 is 2.82 bits per heavy atom. The molecule has 0 fully saturated rings. The molecule has 0 aliphatic heterocycles. The maximum Gasteiger partial charge on any atom is 0.338 e. The Morgan fingerprint density at radius 2 is 2.00 bits per heavy atom. The Bertz CT molecular complexity index is 1330. The van der Waals surface area contributed by atoms with Crippen LogP contribution in [0.15, 0.2) is 66.9 Å². The Hall–Kier alpha value is -3.84. The monoisotopic (exact) mass is 444 g/mol. The van der Waals surface area contributed by atoms with Gasteiger partial charge in [0.1, 0.15) is 11.9 Å². The second-order valence-corrected chi connectivity index (χ2v) is 7.99. The SMILES string of the molecule is COc1cccc(C(=O)OC2Cc3ccccc3C2Oc2cccn3c(CO)c(C)nc23)c1. The molecule has 2 atom stereocenters. The predicted molar refractivity (Wildman–Crippen MR) is 122 cm³/mol. The summed E-state index contributed by atoms with van der Waals surface area (Å²) in [4.78, 5) is 17.5. The first kappa shape index (κ1) is 21.0. The number of nitrogens with zero attached hydrogens (tertiary/aromatic N) is 2. The molecular formula is C26H24N2O5. The molecule has 1 aliphatic carbocycles. The zero-order valence-electron chi connectivity index (χ0n) is 18.4. The molecule has 2 aromatic carbocycles. The number of fused-ring (bicyclic) bond motifs is 2. The summed E-state index contributed by atoms with van der Waals surface area (Å²) in [6.07, 6.45) is 1.40. The lowest BCUT2D eigenvalue weighted by molar-refractivity contribution is -0.00287.